The number of carbonyl (C=O) groups is 1. The van der Waals surface area contributed by atoms with Crippen LogP contribution in [0, 0.1) is 0 Å². The van der Waals surface area contributed by atoms with Crippen molar-refractivity contribution in [1.82, 2.24) is 15.1 Å². The number of fused-ring (bicyclic) bond motifs is 1. The molecule has 0 saturated carbocycles. The van der Waals surface area contributed by atoms with Gasteiger partial charge in [0.1, 0.15) is 0 Å². The van der Waals surface area contributed by atoms with E-state index < -0.39 is 0 Å². The molecule has 17 heavy (non-hydrogen) atoms. The van der Waals surface area contributed by atoms with E-state index in [4.69, 9.17) is 0 Å². The van der Waals surface area contributed by atoms with Crippen LogP contribution in [0.1, 0.15) is 33.6 Å². The lowest BCUT2D eigenvalue weighted by Gasteiger charge is -2.38. The monoisotopic (exact) mass is 239 g/mol. The Balaban J connectivity index is 1.80. The summed E-state index contributed by atoms with van der Waals surface area (Å²) in [4.78, 5) is 16.6. The molecule has 0 aromatic heterocycles. The van der Waals surface area contributed by atoms with E-state index in [2.05, 4.69) is 31.0 Å². The molecule has 4 heteroatoms. The lowest BCUT2D eigenvalue weighted by molar-refractivity contribution is -0.133. The average Bonchev–Trinajstić information content (AvgIpc) is 2.71. The summed E-state index contributed by atoms with van der Waals surface area (Å²) < 4.78 is 0. The molecule has 1 unspecified atom stereocenters. The Bertz CT molecular complexity index is 285. The molecule has 0 aliphatic carbocycles. The SMILES string of the molecule is CC(C)(C)NCC(=O)N1CCN2CCCC2C1. The van der Waals surface area contributed by atoms with Crippen LogP contribution in [0.15, 0.2) is 0 Å². The number of rotatable bonds is 2. The van der Waals surface area contributed by atoms with Crippen LogP contribution in [0.4, 0.5) is 0 Å². The summed E-state index contributed by atoms with van der Waals surface area (Å²) in [6.45, 7) is 10.9. The molecule has 2 heterocycles. The van der Waals surface area contributed by atoms with Gasteiger partial charge < -0.3 is 10.2 Å². The second-order valence-electron chi connectivity index (χ2n) is 6.28. The lowest BCUT2D eigenvalue weighted by atomic mass is 10.1. The van der Waals surface area contributed by atoms with Gasteiger partial charge >= 0.3 is 0 Å². The fourth-order valence-electron chi connectivity index (χ4n) is 2.67. The Hall–Kier alpha value is -0.610. The largest absolute Gasteiger partial charge is 0.339 e. The molecule has 1 atom stereocenters. The van der Waals surface area contributed by atoms with Gasteiger partial charge in [-0.2, -0.15) is 0 Å². The number of amides is 1. The van der Waals surface area contributed by atoms with E-state index >= 15 is 0 Å². The van der Waals surface area contributed by atoms with E-state index in [1.165, 1.54) is 19.4 Å². The zero-order valence-electron chi connectivity index (χ0n) is 11.3. The molecule has 0 aromatic rings. The van der Waals surface area contributed by atoms with Crippen LogP contribution in [0.2, 0.25) is 0 Å². The van der Waals surface area contributed by atoms with Crippen molar-refractivity contribution in [3.63, 3.8) is 0 Å². The van der Waals surface area contributed by atoms with E-state index in [-0.39, 0.29) is 11.4 Å². The highest BCUT2D eigenvalue weighted by Crippen LogP contribution is 2.21. The molecule has 2 aliphatic rings. The topological polar surface area (TPSA) is 35.6 Å². The van der Waals surface area contributed by atoms with E-state index in [0.717, 1.165) is 19.6 Å². The first-order chi connectivity index (χ1) is 7.96. The molecule has 0 aromatic carbocycles. The van der Waals surface area contributed by atoms with E-state index in [9.17, 15) is 4.79 Å². The molecule has 2 aliphatic heterocycles. The van der Waals surface area contributed by atoms with Gasteiger partial charge in [-0.15, -0.1) is 0 Å². The maximum atomic E-state index is 12.1. The van der Waals surface area contributed by atoms with Crippen molar-refractivity contribution in [2.45, 2.75) is 45.2 Å². The van der Waals surface area contributed by atoms with Crippen LogP contribution in [0.5, 0.6) is 0 Å². The molecule has 2 saturated heterocycles. The Morgan fingerprint density at radius 3 is 2.76 bits per heavy atom. The summed E-state index contributed by atoms with van der Waals surface area (Å²) in [6.07, 6.45) is 2.56. The van der Waals surface area contributed by atoms with Gasteiger partial charge in [-0.25, -0.2) is 0 Å². The van der Waals surface area contributed by atoms with Crippen molar-refractivity contribution in [1.29, 1.82) is 0 Å². The molecule has 0 bridgehead atoms. The minimum atomic E-state index is 0.0187. The predicted octanol–water partition coefficient (Wildman–Crippen LogP) is 0.681. The number of carbonyl (C=O) groups excluding carboxylic acids is 1. The van der Waals surface area contributed by atoms with Gasteiger partial charge in [-0.1, -0.05) is 0 Å². The average molecular weight is 239 g/mol. The maximum absolute atomic E-state index is 12.1. The number of nitrogens with one attached hydrogen (secondary N) is 1. The molecule has 1 N–H and O–H groups in total. The van der Waals surface area contributed by atoms with Crippen molar-refractivity contribution in [3.8, 4) is 0 Å². The van der Waals surface area contributed by atoms with Crippen molar-refractivity contribution in [3.05, 3.63) is 0 Å². The molecule has 2 fully saturated rings. The maximum Gasteiger partial charge on any atom is 0.236 e. The summed E-state index contributed by atoms with van der Waals surface area (Å²) in [5.74, 6) is 0.256. The van der Waals surface area contributed by atoms with Gasteiger partial charge in [0.25, 0.3) is 0 Å². The highest BCUT2D eigenvalue weighted by atomic mass is 16.2. The molecule has 0 radical (unpaired) electrons. The van der Waals surface area contributed by atoms with Crippen LogP contribution in [0.25, 0.3) is 0 Å². The summed E-state index contributed by atoms with van der Waals surface area (Å²) >= 11 is 0. The fourth-order valence-corrected chi connectivity index (χ4v) is 2.67. The standard InChI is InChI=1S/C13H25N3O/c1-13(2,3)14-9-12(17)16-8-7-15-6-4-5-11(15)10-16/h11,14H,4-10H2,1-3H3. The molecule has 2 rings (SSSR count). The first kappa shape index (κ1) is 12.8. The third kappa shape index (κ3) is 3.42. The van der Waals surface area contributed by atoms with Crippen LogP contribution >= 0.6 is 0 Å². The summed E-state index contributed by atoms with van der Waals surface area (Å²) in [5, 5.41) is 3.27. The van der Waals surface area contributed by atoms with Gasteiger partial charge in [0.05, 0.1) is 6.54 Å². The van der Waals surface area contributed by atoms with Crippen molar-refractivity contribution in [2.75, 3.05) is 32.7 Å². The van der Waals surface area contributed by atoms with E-state index in [1.807, 2.05) is 4.90 Å². The van der Waals surface area contributed by atoms with Gasteiger partial charge in [0, 0.05) is 31.2 Å². The first-order valence-corrected chi connectivity index (χ1v) is 6.72. The molecule has 0 spiro atoms. The Kier molecular flexibility index (Phi) is 3.73. The Morgan fingerprint density at radius 2 is 2.06 bits per heavy atom. The van der Waals surface area contributed by atoms with E-state index in [0.29, 0.717) is 12.6 Å². The molecule has 1 amide bonds. The van der Waals surface area contributed by atoms with Gasteiger partial charge in [-0.05, 0) is 40.2 Å². The van der Waals surface area contributed by atoms with Crippen molar-refractivity contribution < 1.29 is 4.79 Å². The second-order valence-corrected chi connectivity index (χ2v) is 6.28. The Labute approximate surface area is 104 Å². The summed E-state index contributed by atoms with van der Waals surface area (Å²) in [7, 11) is 0. The highest BCUT2D eigenvalue weighted by molar-refractivity contribution is 5.78. The van der Waals surface area contributed by atoms with Crippen LogP contribution in [-0.2, 0) is 4.79 Å². The lowest BCUT2D eigenvalue weighted by Crippen LogP contribution is -2.54. The second kappa shape index (κ2) is 4.94. The van der Waals surface area contributed by atoms with Crippen molar-refractivity contribution >= 4 is 5.91 Å². The van der Waals surface area contributed by atoms with Gasteiger partial charge in [0.15, 0.2) is 0 Å². The van der Waals surface area contributed by atoms with Gasteiger partial charge in [-0.3, -0.25) is 9.69 Å². The summed E-state index contributed by atoms with van der Waals surface area (Å²) in [6, 6.07) is 0.627. The number of nitrogens with zero attached hydrogens (tertiary/aromatic N) is 2. The quantitative estimate of drug-likeness (QED) is 0.770. The fraction of sp³-hybridized carbons (Fsp3) is 0.923. The third-order valence-corrected chi connectivity index (χ3v) is 3.71. The summed E-state index contributed by atoms with van der Waals surface area (Å²) in [5.41, 5.74) is 0.0187. The van der Waals surface area contributed by atoms with Crippen LogP contribution in [-0.4, -0.2) is 60.0 Å². The normalized spacial score (nSPS) is 26.1. The van der Waals surface area contributed by atoms with Crippen LogP contribution < -0.4 is 5.32 Å². The van der Waals surface area contributed by atoms with Gasteiger partial charge in [0.2, 0.25) is 5.91 Å². The molecule has 98 valence electrons. The minimum Gasteiger partial charge on any atom is -0.339 e. The minimum absolute atomic E-state index is 0.0187. The predicted molar refractivity (Wildman–Crippen MR) is 68.9 cm³/mol. The van der Waals surface area contributed by atoms with Crippen LogP contribution in [0.3, 0.4) is 0 Å². The Morgan fingerprint density at radius 1 is 1.29 bits per heavy atom. The zero-order chi connectivity index (χ0) is 12.5. The number of piperazine rings is 1. The van der Waals surface area contributed by atoms with Crippen molar-refractivity contribution in [2.24, 2.45) is 0 Å². The molecular weight excluding hydrogens is 214 g/mol. The number of hydrogen-bond acceptors (Lipinski definition) is 3. The molecular formula is C13H25N3O. The highest BCUT2D eigenvalue weighted by Gasteiger charge is 2.32. The first-order valence-electron chi connectivity index (χ1n) is 6.72. The number of hydrogen-bond donors (Lipinski definition) is 1. The molecule has 4 nitrogen and oxygen atoms in total. The van der Waals surface area contributed by atoms with E-state index in [1.54, 1.807) is 0 Å². The zero-order valence-corrected chi connectivity index (χ0v) is 11.3. The third-order valence-electron chi connectivity index (χ3n) is 3.71. The smallest absolute Gasteiger partial charge is 0.236 e.